The van der Waals surface area contributed by atoms with Gasteiger partial charge in [0, 0.05) is 31.4 Å². The third-order valence-electron chi connectivity index (χ3n) is 2.99. The van der Waals surface area contributed by atoms with Crippen molar-refractivity contribution in [2.75, 3.05) is 23.4 Å². The Morgan fingerprint density at radius 2 is 2.23 bits per heavy atom. The van der Waals surface area contributed by atoms with Gasteiger partial charge in [0.2, 0.25) is 0 Å². The van der Waals surface area contributed by atoms with E-state index in [0.29, 0.717) is 5.69 Å². The van der Waals surface area contributed by atoms with Crippen LogP contribution in [0.15, 0.2) is 35.6 Å². The predicted molar refractivity (Wildman–Crippen MR) is 90.0 cm³/mol. The molecule has 0 aliphatic heterocycles. The molecule has 0 spiro atoms. The minimum Gasteiger partial charge on any atom is -0.349 e. The first kappa shape index (κ1) is 15.9. The monoisotopic (exact) mass is 319 g/mol. The van der Waals surface area contributed by atoms with Crippen LogP contribution in [0.2, 0.25) is 0 Å². The molecule has 116 valence electrons. The minimum atomic E-state index is -0.436. The highest BCUT2D eigenvalue weighted by Gasteiger charge is 2.07. The third kappa shape index (κ3) is 4.01. The summed E-state index contributed by atoms with van der Waals surface area (Å²) in [5.41, 5.74) is 3.38. The van der Waals surface area contributed by atoms with Gasteiger partial charge in [0.25, 0.3) is 5.69 Å². The van der Waals surface area contributed by atoms with E-state index in [2.05, 4.69) is 34.3 Å². The average molecular weight is 319 g/mol. The first-order valence-corrected chi connectivity index (χ1v) is 7.70. The molecular formula is C14H17N5O2S. The Morgan fingerprint density at radius 1 is 1.45 bits per heavy atom. The summed E-state index contributed by atoms with van der Waals surface area (Å²) in [6.45, 7) is 5.99. The Labute approximate surface area is 132 Å². The molecule has 22 heavy (non-hydrogen) atoms. The van der Waals surface area contributed by atoms with Crippen molar-refractivity contribution in [3.05, 3.63) is 45.5 Å². The van der Waals surface area contributed by atoms with Crippen molar-refractivity contribution >= 4 is 34.1 Å². The maximum Gasteiger partial charge on any atom is 0.271 e. The number of benzene rings is 1. The van der Waals surface area contributed by atoms with Gasteiger partial charge in [0.1, 0.15) is 0 Å². The van der Waals surface area contributed by atoms with Crippen LogP contribution in [0.4, 0.5) is 16.5 Å². The second-order valence-electron chi connectivity index (χ2n) is 4.39. The fraction of sp³-hybridized carbons (Fsp3) is 0.286. The molecule has 0 unspecified atom stereocenters. The lowest BCUT2D eigenvalue weighted by Gasteiger charge is -2.16. The molecule has 1 aromatic heterocycles. The molecule has 0 aliphatic carbocycles. The second kappa shape index (κ2) is 7.51. The summed E-state index contributed by atoms with van der Waals surface area (Å²) in [5, 5.41) is 15.8. The fourth-order valence-corrected chi connectivity index (χ4v) is 2.75. The van der Waals surface area contributed by atoms with E-state index < -0.39 is 4.92 Å². The number of nitro groups is 1. The molecule has 7 nitrogen and oxygen atoms in total. The Morgan fingerprint density at radius 3 is 2.91 bits per heavy atom. The summed E-state index contributed by atoms with van der Waals surface area (Å²) < 4.78 is 0. The summed E-state index contributed by atoms with van der Waals surface area (Å²) in [7, 11) is 0. The molecule has 0 atom stereocenters. The van der Waals surface area contributed by atoms with Gasteiger partial charge in [0.05, 0.1) is 21.7 Å². The lowest BCUT2D eigenvalue weighted by atomic mass is 10.3. The number of hydrogen-bond donors (Lipinski definition) is 1. The van der Waals surface area contributed by atoms with E-state index in [4.69, 9.17) is 0 Å². The molecule has 0 amide bonds. The van der Waals surface area contributed by atoms with Crippen molar-refractivity contribution in [3.8, 4) is 0 Å². The van der Waals surface area contributed by atoms with E-state index in [0.717, 1.165) is 23.1 Å². The summed E-state index contributed by atoms with van der Waals surface area (Å²) in [6, 6.07) is 6.21. The first-order valence-electron chi connectivity index (χ1n) is 6.88. The van der Waals surface area contributed by atoms with Gasteiger partial charge in [-0.05, 0) is 19.9 Å². The normalized spacial score (nSPS) is 10.8. The summed E-state index contributed by atoms with van der Waals surface area (Å²) in [6.07, 6.45) is 3.42. The summed E-state index contributed by atoms with van der Waals surface area (Å²) >= 11 is 1.55. The van der Waals surface area contributed by atoms with Crippen molar-refractivity contribution in [1.82, 2.24) is 4.98 Å². The van der Waals surface area contributed by atoms with E-state index >= 15 is 0 Å². The molecule has 0 saturated carbocycles. The SMILES string of the molecule is CCN(CC)c1ncc(/C=N\Nc2cccc([N+](=O)[O-])c2)s1. The van der Waals surface area contributed by atoms with E-state index in [9.17, 15) is 10.1 Å². The van der Waals surface area contributed by atoms with E-state index in [-0.39, 0.29) is 5.69 Å². The Balaban J connectivity index is 2.01. The van der Waals surface area contributed by atoms with Crippen LogP contribution in [-0.4, -0.2) is 29.2 Å². The molecule has 0 aliphatic rings. The van der Waals surface area contributed by atoms with Crippen LogP contribution in [-0.2, 0) is 0 Å². The van der Waals surface area contributed by atoms with Gasteiger partial charge in [-0.2, -0.15) is 5.10 Å². The van der Waals surface area contributed by atoms with Gasteiger partial charge in [-0.25, -0.2) is 4.98 Å². The zero-order valence-corrected chi connectivity index (χ0v) is 13.2. The highest BCUT2D eigenvalue weighted by Crippen LogP contribution is 2.21. The average Bonchev–Trinajstić information content (AvgIpc) is 2.97. The van der Waals surface area contributed by atoms with Gasteiger partial charge in [-0.1, -0.05) is 17.4 Å². The van der Waals surface area contributed by atoms with E-state index in [1.807, 2.05) is 0 Å². The lowest BCUT2D eigenvalue weighted by Crippen LogP contribution is -2.21. The number of thiazole rings is 1. The summed E-state index contributed by atoms with van der Waals surface area (Å²) in [4.78, 5) is 17.7. The molecule has 1 heterocycles. The van der Waals surface area contributed by atoms with Gasteiger partial charge < -0.3 is 4.90 Å². The lowest BCUT2D eigenvalue weighted by molar-refractivity contribution is -0.384. The number of nitrogens with one attached hydrogen (secondary N) is 1. The van der Waals surface area contributed by atoms with Crippen LogP contribution in [0.5, 0.6) is 0 Å². The number of non-ortho nitro benzene ring substituents is 1. The highest BCUT2D eigenvalue weighted by atomic mass is 32.1. The minimum absolute atomic E-state index is 0.0295. The number of aromatic nitrogens is 1. The van der Waals surface area contributed by atoms with Crippen LogP contribution in [0, 0.1) is 10.1 Å². The maximum absolute atomic E-state index is 10.7. The number of nitro benzene ring substituents is 1. The molecule has 0 saturated heterocycles. The zero-order valence-electron chi connectivity index (χ0n) is 12.4. The molecule has 1 N–H and O–H groups in total. The molecule has 0 fully saturated rings. The molecule has 8 heteroatoms. The molecule has 1 aromatic carbocycles. The third-order valence-corrected chi connectivity index (χ3v) is 3.98. The van der Waals surface area contributed by atoms with Crippen molar-refractivity contribution in [3.63, 3.8) is 0 Å². The fourth-order valence-electron chi connectivity index (χ4n) is 1.84. The van der Waals surface area contributed by atoms with Gasteiger partial charge in [0.15, 0.2) is 5.13 Å². The van der Waals surface area contributed by atoms with Crippen molar-refractivity contribution in [2.45, 2.75) is 13.8 Å². The van der Waals surface area contributed by atoms with Crippen molar-refractivity contribution < 1.29 is 4.92 Å². The van der Waals surface area contributed by atoms with Crippen molar-refractivity contribution in [2.24, 2.45) is 5.10 Å². The molecule has 2 aromatic rings. The number of anilines is 2. The largest absolute Gasteiger partial charge is 0.349 e. The Hall–Kier alpha value is -2.48. The standard InChI is InChI=1S/C14H17N5O2S/c1-3-18(4-2)14-15-9-13(22-14)10-16-17-11-6-5-7-12(8-11)19(20)21/h5-10,17H,3-4H2,1-2H3/b16-10-. The van der Waals surface area contributed by atoms with Crippen LogP contribution in [0.3, 0.4) is 0 Å². The van der Waals surface area contributed by atoms with Crippen molar-refractivity contribution in [1.29, 1.82) is 0 Å². The smallest absolute Gasteiger partial charge is 0.271 e. The highest BCUT2D eigenvalue weighted by molar-refractivity contribution is 7.17. The van der Waals surface area contributed by atoms with Crippen LogP contribution in [0.1, 0.15) is 18.7 Å². The molecular weight excluding hydrogens is 302 g/mol. The first-order chi connectivity index (χ1) is 10.6. The second-order valence-corrected chi connectivity index (χ2v) is 5.44. The number of nitrogens with zero attached hydrogens (tertiary/aromatic N) is 4. The van der Waals surface area contributed by atoms with Crippen LogP contribution in [0.25, 0.3) is 0 Å². The van der Waals surface area contributed by atoms with Gasteiger partial charge in [-0.3, -0.25) is 15.5 Å². The van der Waals surface area contributed by atoms with Crippen LogP contribution < -0.4 is 10.3 Å². The number of hydrazone groups is 1. The Kier molecular flexibility index (Phi) is 5.42. The Bertz CT molecular complexity index is 667. The van der Waals surface area contributed by atoms with E-state index in [1.165, 1.54) is 12.1 Å². The number of hydrogen-bond acceptors (Lipinski definition) is 7. The van der Waals surface area contributed by atoms with E-state index in [1.54, 1.807) is 35.9 Å². The zero-order chi connectivity index (χ0) is 15.9. The summed E-state index contributed by atoms with van der Waals surface area (Å²) in [5.74, 6) is 0. The van der Waals surface area contributed by atoms with Crippen LogP contribution >= 0.6 is 11.3 Å². The van der Waals surface area contributed by atoms with Gasteiger partial charge >= 0.3 is 0 Å². The quantitative estimate of drug-likeness (QED) is 0.481. The molecule has 2 rings (SSSR count). The number of rotatable bonds is 7. The maximum atomic E-state index is 10.7. The molecule has 0 radical (unpaired) electrons. The van der Waals surface area contributed by atoms with Gasteiger partial charge in [-0.15, -0.1) is 0 Å². The molecule has 0 bridgehead atoms. The topological polar surface area (TPSA) is 83.7 Å². The predicted octanol–water partition coefficient (Wildman–Crippen LogP) is 3.34.